The molecule has 6 aromatic carbocycles. The molecule has 0 heterocycles. The van der Waals surface area contributed by atoms with Gasteiger partial charge in [-0.2, -0.15) is 0 Å². The van der Waals surface area contributed by atoms with Crippen LogP contribution >= 0.6 is 15.8 Å². The van der Waals surface area contributed by atoms with Gasteiger partial charge in [0.1, 0.15) is 31.8 Å². The largest absolute Gasteiger partial charge is 0.106 e. The minimum Gasteiger partial charge on any atom is -0.106 e. The maximum Gasteiger partial charge on any atom is 0.102 e. The Kier molecular flexibility index (Phi) is 14.2. The quantitative estimate of drug-likeness (QED) is 0.125. The SMILES string of the molecule is C=C.[Pt].c1ccc([PH+](c2ccccc2)c2ccccc2)cc1.c1ccc([PH+](c2ccccc2)c2ccccc2)cc1. The van der Waals surface area contributed by atoms with Gasteiger partial charge in [0, 0.05) is 21.1 Å². The topological polar surface area (TPSA) is 0 Å². The van der Waals surface area contributed by atoms with Gasteiger partial charge in [0.2, 0.25) is 0 Å². The average Bonchev–Trinajstić information content (AvgIpc) is 3.06. The van der Waals surface area contributed by atoms with Crippen molar-refractivity contribution < 1.29 is 21.1 Å². The number of hydrogen-bond acceptors (Lipinski definition) is 0. The molecule has 0 aliphatic carbocycles. The maximum atomic E-state index is 3.00. The Morgan fingerprint density at radius 3 is 0.488 bits per heavy atom. The predicted molar refractivity (Wildman–Crippen MR) is 184 cm³/mol. The minimum atomic E-state index is -0.877. The summed E-state index contributed by atoms with van der Waals surface area (Å²) in [7, 11) is -1.75. The van der Waals surface area contributed by atoms with E-state index in [1.54, 1.807) is 0 Å². The Bertz CT molecular complexity index is 1190. The third-order valence-electron chi connectivity index (χ3n) is 6.37. The van der Waals surface area contributed by atoms with Crippen LogP contribution in [0.5, 0.6) is 0 Å². The van der Waals surface area contributed by atoms with Gasteiger partial charge in [0.05, 0.1) is 15.8 Å². The minimum absolute atomic E-state index is 0. The molecule has 0 atom stereocenters. The Morgan fingerprint density at radius 2 is 0.366 bits per heavy atom. The molecule has 0 aromatic heterocycles. The number of benzene rings is 6. The molecule has 41 heavy (non-hydrogen) atoms. The Balaban J connectivity index is 0.000000208. The fourth-order valence-corrected chi connectivity index (χ4v) is 9.78. The molecule has 0 saturated heterocycles. The zero-order valence-electron chi connectivity index (χ0n) is 23.1. The Labute approximate surface area is 262 Å². The van der Waals surface area contributed by atoms with Crippen molar-refractivity contribution in [2.24, 2.45) is 0 Å². The molecule has 0 bridgehead atoms. The molecule has 206 valence electrons. The van der Waals surface area contributed by atoms with Crippen LogP contribution in [0.2, 0.25) is 0 Å². The summed E-state index contributed by atoms with van der Waals surface area (Å²) in [4.78, 5) is 0. The molecule has 0 nitrogen and oxygen atoms in total. The van der Waals surface area contributed by atoms with Gasteiger partial charge in [-0.15, -0.1) is 13.2 Å². The predicted octanol–water partition coefficient (Wildman–Crippen LogP) is 7.15. The zero-order valence-corrected chi connectivity index (χ0v) is 27.3. The second-order valence-electron chi connectivity index (χ2n) is 8.95. The van der Waals surface area contributed by atoms with Crippen LogP contribution in [0.15, 0.2) is 195 Å². The molecule has 0 saturated carbocycles. The van der Waals surface area contributed by atoms with Gasteiger partial charge >= 0.3 is 0 Å². The van der Waals surface area contributed by atoms with Gasteiger partial charge < -0.3 is 0 Å². The third-order valence-corrected chi connectivity index (χ3v) is 11.8. The van der Waals surface area contributed by atoms with Gasteiger partial charge in [0.25, 0.3) is 0 Å². The van der Waals surface area contributed by atoms with Crippen molar-refractivity contribution in [3.05, 3.63) is 195 Å². The Morgan fingerprint density at radius 1 is 0.244 bits per heavy atom. The summed E-state index contributed by atoms with van der Waals surface area (Å²) < 4.78 is 0. The van der Waals surface area contributed by atoms with E-state index in [9.17, 15) is 0 Å². The van der Waals surface area contributed by atoms with Gasteiger partial charge in [-0.05, 0) is 72.8 Å². The first kappa shape index (κ1) is 32.1. The van der Waals surface area contributed by atoms with E-state index in [0.717, 1.165) is 0 Å². The van der Waals surface area contributed by atoms with Crippen molar-refractivity contribution in [3.8, 4) is 0 Å². The van der Waals surface area contributed by atoms with Gasteiger partial charge in [-0.3, -0.25) is 0 Å². The van der Waals surface area contributed by atoms with Gasteiger partial charge in [0.15, 0.2) is 0 Å². The molecule has 0 radical (unpaired) electrons. The van der Waals surface area contributed by atoms with Crippen LogP contribution < -0.4 is 31.8 Å². The number of hydrogen-bond donors (Lipinski definition) is 0. The van der Waals surface area contributed by atoms with Crippen LogP contribution in [0.4, 0.5) is 0 Å². The molecule has 0 fully saturated rings. The molecule has 0 aliphatic rings. The molecule has 0 aliphatic heterocycles. The molecule has 0 unspecified atom stereocenters. The van der Waals surface area contributed by atoms with Crippen molar-refractivity contribution in [2.75, 3.05) is 0 Å². The van der Waals surface area contributed by atoms with Crippen molar-refractivity contribution in [1.29, 1.82) is 0 Å². The summed E-state index contributed by atoms with van der Waals surface area (Å²) in [6, 6.07) is 65.0. The van der Waals surface area contributed by atoms with E-state index >= 15 is 0 Å². The zero-order chi connectivity index (χ0) is 27.8. The smallest absolute Gasteiger partial charge is 0.102 e. The molecular weight excluding hydrogens is 713 g/mol. The molecule has 0 spiro atoms. The van der Waals surface area contributed by atoms with Crippen LogP contribution in [0.25, 0.3) is 0 Å². The summed E-state index contributed by atoms with van der Waals surface area (Å²) >= 11 is 0. The van der Waals surface area contributed by atoms with E-state index in [1.807, 2.05) is 0 Å². The monoisotopic (exact) mass is 749 g/mol. The standard InChI is InChI=1S/2C18H15P.C2H4.Pt/c2*1-4-10-16(11-5-1)19(17-12-6-2-7-13-17)18-14-8-3-9-15-18;1-2;/h2*1-15H;1-2H2;/p+2. The van der Waals surface area contributed by atoms with Gasteiger partial charge in [-0.25, -0.2) is 0 Å². The molecule has 0 N–H and O–H groups in total. The van der Waals surface area contributed by atoms with E-state index in [1.165, 1.54) is 31.8 Å². The normalized spacial score (nSPS) is 9.90. The fourth-order valence-electron chi connectivity index (χ4n) is 4.63. The summed E-state index contributed by atoms with van der Waals surface area (Å²) in [5.41, 5.74) is 0. The average molecular weight is 750 g/mol. The summed E-state index contributed by atoms with van der Waals surface area (Å²) in [5.74, 6) is 0. The molecule has 0 amide bonds. The third kappa shape index (κ3) is 9.32. The van der Waals surface area contributed by atoms with E-state index in [4.69, 9.17) is 0 Å². The first-order chi connectivity index (χ1) is 19.9. The van der Waals surface area contributed by atoms with Crippen LogP contribution in [0, 0.1) is 0 Å². The second kappa shape index (κ2) is 18.1. The van der Waals surface area contributed by atoms with Crippen LogP contribution in [-0.2, 0) is 21.1 Å². The van der Waals surface area contributed by atoms with E-state index in [0.29, 0.717) is 0 Å². The maximum absolute atomic E-state index is 3.00. The van der Waals surface area contributed by atoms with Gasteiger partial charge in [-0.1, -0.05) is 109 Å². The second-order valence-corrected chi connectivity index (χ2v) is 13.9. The molecular formula is C38H36P2Pt+2. The first-order valence-electron chi connectivity index (χ1n) is 13.5. The fraction of sp³-hybridized carbons (Fsp3) is 0. The number of rotatable bonds is 6. The van der Waals surface area contributed by atoms with Crippen LogP contribution in [-0.4, -0.2) is 0 Å². The van der Waals surface area contributed by atoms with E-state index < -0.39 is 15.8 Å². The summed E-state index contributed by atoms with van der Waals surface area (Å²) in [6.07, 6.45) is 0. The van der Waals surface area contributed by atoms with E-state index in [2.05, 4.69) is 195 Å². The van der Waals surface area contributed by atoms with Crippen molar-refractivity contribution in [2.45, 2.75) is 0 Å². The molecule has 6 aromatic rings. The molecule has 6 rings (SSSR count). The van der Waals surface area contributed by atoms with E-state index in [-0.39, 0.29) is 21.1 Å². The van der Waals surface area contributed by atoms with Crippen LogP contribution in [0.3, 0.4) is 0 Å². The summed E-state index contributed by atoms with van der Waals surface area (Å²) in [6.45, 7) is 6.00. The van der Waals surface area contributed by atoms with Crippen molar-refractivity contribution >= 4 is 47.7 Å². The van der Waals surface area contributed by atoms with Crippen LogP contribution in [0.1, 0.15) is 0 Å². The Hall–Kier alpha value is -3.39. The molecule has 3 heteroatoms. The van der Waals surface area contributed by atoms with Crippen molar-refractivity contribution in [3.63, 3.8) is 0 Å². The summed E-state index contributed by atoms with van der Waals surface area (Å²) in [5, 5.41) is 8.61. The van der Waals surface area contributed by atoms with Crippen molar-refractivity contribution in [1.82, 2.24) is 0 Å². The first-order valence-corrected chi connectivity index (χ1v) is 16.5.